The van der Waals surface area contributed by atoms with Crippen LogP contribution in [0.5, 0.6) is 0 Å². The van der Waals surface area contributed by atoms with E-state index in [-0.39, 0.29) is 11.2 Å². The zero-order chi connectivity index (χ0) is 17.2. The Morgan fingerprint density at radius 3 is 2.33 bits per heavy atom. The Labute approximate surface area is 136 Å². The molecular formula is C19H15F3N2. The minimum atomic E-state index is -0.932. The Kier molecular flexibility index (Phi) is 2.95. The quantitative estimate of drug-likeness (QED) is 0.425. The molecule has 0 saturated heterocycles. The van der Waals surface area contributed by atoms with Gasteiger partial charge in [-0.2, -0.15) is 0 Å². The number of rotatable bonds is 0. The lowest BCUT2D eigenvalue weighted by atomic mass is 9.90. The fraction of sp³-hybridized carbons (Fsp3) is 0.211. The molecule has 122 valence electrons. The van der Waals surface area contributed by atoms with Gasteiger partial charge in [-0.05, 0) is 29.7 Å². The summed E-state index contributed by atoms with van der Waals surface area (Å²) >= 11 is 0. The van der Waals surface area contributed by atoms with E-state index in [0.717, 1.165) is 23.2 Å². The number of imidazole rings is 1. The van der Waals surface area contributed by atoms with Crippen molar-refractivity contribution in [3.05, 3.63) is 59.5 Å². The van der Waals surface area contributed by atoms with Crippen LogP contribution >= 0.6 is 0 Å². The first-order chi connectivity index (χ1) is 11.3. The molecule has 2 nitrogen and oxygen atoms in total. The van der Waals surface area contributed by atoms with Crippen molar-refractivity contribution in [3.63, 3.8) is 0 Å². The number of hydrogen-bond acceptors (Lipinski definition) is 1. The van der Waals surface area contributed by atoms with Crippen LogP contribution < -0.4 is 0 Å². The second-order valence-corrected chi connectivity index (χ2v) is 7.04. The van der Waals surface area contributed by atoms with Gasteiger partial charge in [0.1, 0.15) is 11.5 Å². The van der Waals surface area contributed by atoms with Crippen molar-refractivity contribution in [1.29, 1.82) is 0 Å². The molecule has 0 aliphatic carbocycles. The van der Waals surface area contributed by atoms with E-state index in [1.165, 1.54) is 12.1 Å². The van der Waals surface area contributed by atoms with Crippen molar-refractivity contribution in [2.45, 2.75) is 26.2 Å². The largest absolute Gasteiger partial charge is 0.295 e. The lowest BCUT2D eigenvalue weighted by molar-refractivity contribution is 0.510. The summed E-state index contributed by atoms with van der Waals surface area (Å²) in [4.78, 5) is 4.48. The molecule has 0 aliphatic heterocycles. The van der Waals surface area contributed by atoms with Gasteiger partial charge in [0.2, 0.25) is 0 Å². The Bertz CT molecular complexity index is 1120. The number of hydrogen-bond donors (Lipinski definition) is 0. The first-order valence-electron chi connectivity index (χ1n) is 7.66. The summed E-state index contributed by atoms with van der Waals surface area (Å²) in [6.45, 7) is 6.04. The van der Waals surface area contributed by atoms with Gasteiger partial charge in [-0.1, -0.05) is 20.8 Å². The SMILES string of the molecule is CC(C)(C)c1cc2cc(F)ccc2c2nc3cc(F)c(F)cc3n12. The van der Waals surface area contributed by atoms with Crippen molar-refractivity contribution in [2.24, 2.45) is 0 Å². The first-order valence-corrected chi connectivity index (χ1v) is 7.66. The van der Waals surface area contributed by atoms with E-state index in [1.807, 2.05) is 31.2 Å². The van der Waals surface area contributed by atoms with Gasteiger partial charge in [-0.15, -0.1) is 0 Å². The van der Waals surface area contributed by atoms with Crippen LogP contribution in [-0.2, 0) is 5.41 Å². The molecule has 0 bridgehead atoms. The van der Waals surface area contributed by atoms with Gasteiger partial charge in [-0.25, -0.2) is 18.2 Å². The zero-order valence-electron chi connectivity index (χ0n) is 13.5. The summed E-state index contributed by atoms with van der Waals surface area (Å²) < 4.78 is 42.9. The van der Waals surface area contributed by atoms with E-state index in [1.54, 1.807) is 6.07 Å². The average Bonchev–Trinajstić information content (AvgIpc) is 2.84. The Hall–Kier alpha value is -2.56. The van der Waals surface area contributed by atoms with Gasteiger partial charge in [0.05, 0.1) is 11.0 Å². The number of benzene rings is 2. The van der Waals surface area contributed by atoms with Gasteiger partial charge in [-0.3, -0.25) is 4.40 Å². The molecule has 5 heteroatoms. The summed E-state index contributed by atoms with van der Waals surface area (Å²) in [5.74, 6) is -2.18. The summed E-state index contributed by atoms with van der Waals surface area (Å²) in [5.41, 5.74) is 2.00. The number of halogens is 3. The van der Waals surface area contributed by atoms with E-state index in [4.69, 9.17) is 0 Å². The van der Waals surface area contributed by atoms with Gasteiger partial charge in [0, 0.05) is 28.6 Å². The Morgan fingerprint density at radius 2 is 1.62 bits per heavy atom. The molecule has 0 aliphatic rings. The second-order valence-electron chi connectivity index (χ2n) is 7.04. The van der Waals surface area contributed by atoms with E-state index < -0.39 is 11.6 Å². The van der Waals surface area contributed by atoms with Crippen molar-refractivity contribution < 1.29 is 13.2 Å². The van der Waals surface area contributed by atoms with Crippen LogP contribution in [0.1, 0.15) is 26.5 Å². The van der Waals surface area contributed by atoms with Crippen molar-refractivity contribution >= 4 is 27.5 Å². The number of aromatic nitrogens is 2. The predicted molar refractivity (Wildman–Crippen MR) is 88.8 cm³/mol. The van der Waals surface area contributed by atoms with E-state index >= 15 is 0 Å². The molecule has 2 aromatic carbocycles. The van der Waals surface area contributed by atoms with Crippen LogP contribution in [-0.4, -0.2) is 9.38 Å². The van der Waals surface area contributed by atoms with Gasteiger partial charge >= 0.3 is 0 Å². The Balaban J connectivity index is 2.30. The Morgan fingerprint density at radius 1 is 0.917 bits per heavy atom. The predicted octanol–water partition coefficient (Wildman–Crippen LogP) is 5.36. The second kappa shape index (κ2) is 4.72. The number of nitrogens with zero attached hydrogens (tertiary/aromatic N) is 2. The van der Waals surface area contributed by atoms with Crippen LogP contribution in [0, 0.1) is 17.5 Å². The summed E-state index contributed by atoms with van der Waals surface area (Å²) in [7, 11) is 0. The highest BCUT2D eigenvalue weighted by Crippen LogP contribution is 2.33. The third-order valence-corrected chi connectivity index (χ3v) is 4.25. The van der Waals surface area contributed by atoms with Crippen molar-refractivity contribution in [3.8, 4) is 0 Å². The van der Waals surface area contributed by atoms with Crippen LogP contribution in [0.4, 0.5) is 13.2 Å². The molecule has 4 aromatic rings. The lowest BCUT2D eigenvalue weighted by Gasteiger charge is -2.22. The molecule has 4 rings (SSSR count). The monoisotopic (exact) mass is 328 g/mol. The molecule has 2 aromatic heterocycles. The highest BCUT2D eigenvalue weighted by Gasteiger charge is 2.22. The number of fused-ring (bicyclic) bond motifs is 5. The van der Waals surface area contributed by atoms with Crippen LogP contribution in [0.15, 0.2) is 36.4 Å². The first kappa shape index (κ1) is 15.0. The van der Waals surface area contributed by atoms with Crippen molar-refractivity contribution in [2.75, 3.05) is 0 Å². The van der Waals surface area contributed by atoms with E-state index in [9.17, 15) is 13.2 Å². The van der Waals surface area contributed by atoms with E-state index in [0.29, 0.717) is 22.1 Å². The molecule has 0 amide bonds. The summed E-state index contributed by atoms with van der Waals surface area (Å²) in [6, 6.07) is 8.60. The fourth-order valence-corrected chi connectivity index (χ4v) is 3.12. The molecule has 0 saturated carbocycles. The molecule has 0 radical (unpaired) electrons. The molecule has 0 N–H and O–H groups in total. The molecule has 0 fully saturated rings. The third kappa shape index (κ3) is 2.08. The van der Waals surface area contributed by atoms with Crippen molar-refractivity contribution in [1.82, 2.24) is 9.38 Å². The molecule has 0 spiro atoms. The highest BCUT2D eigenvalue weighted by atomic mass is 19.2. The molecule has 0 atom stereocenters. The summed E-state index contributed by atoms with van der Waals surface area (Å²) in [5, 5.41) is 1.45. The number of pyridine rings is 1. The molecule has 24 heavy (non-hydrogen) atoms. The van der Waals surface area contributed by atoms with Gasteiger partial charge < -0.3 is 0 Å². The average molecular weight is 328 g/mol. The van der Waals surface area contributed by atoms with E-state index in [2.05, 4.69) is 4.98 Å². The maximum Gasteiger partial charge on any atom is 0.161 e. The normalized spacial score (nSPS) is 12.6. The standard InChI is InChI=1S/C19H15F3N2/c1-19(2,3)17-7-10-6-11(20)4-5-12(10)18-23-15-8-13(21)14(22)9-16(15)24(17)18/h4-9H,1-3H3. The summed E-state index contributed by atoms with van der Waals surface area (Å²) in [6.07, 6.45) is 0. The topological polar surface area (TPSA) is 17.3 Å². The molecule has 2 heterocycles. The third-order valence-electron chi connectivity index (χ3n) is 4.25. The van der Waals surface area contributed by atoms with Crippen LogP contribution in [0.2, 0.25) is 0 Å². The minimum absolute atomic E-state index is 0.294. The highest BCUT2D eigenvalue weighted by molar-refractivity contribution is 5.99. The lowest BCUT2D eigenvalue weighted by Crippen LogP contribution is -2.16. The maximum atomic E-state index is 13.8. The van der Waals surface area contributed by atoms with Gasteiger partial charge in [0.25, 0.3) is 0 Å². The minimum Gasteiger partial charge on any atom is -0.295 e. The molecular weight excluding hydrogens is 313 g/mol. The smallest absolute Gasteiger partial charge is 0.161 e. The van der Waals surface area contributed by atoms with Gasteiger partial charge in [0.15, 0.2) is 11.6 Å². The van der Waals surface area contributed by atoms with Crippen LogP contribution in [0.3, 0.4) is 0 Å². The maximum absolute atomic E-state index is 13.8. The zero-order valence-corrected chi connectivity index (χ0v) is 13.5. The fourth-order valence-electron chi connectivity index (χ4n) is 3.12. The molecule has 0 unspecified atom stereocenters. The van der Waals surface area contributed by atoms with Crippen LogP contribution in [0.25, 0.3) is 27.5 Å².